The molecule has 1 aliphatic heterocycles. The van der Waals surface area contributed by atoms with Gasteiger partial charge in [-0.25, -0.2) is 0 Å². The summed E-state index contributed by atoms with van der Waals surface area (Å²) in [5.74, 6) is 0.744. The fourth-order valence-corrected chi connectivity index (χ4v) is 4.87. The molecule has 3 rings (SSSR count). The zero-order chi connectivity index (χ0) is 20.7. The maximum Gasteiger partial charge on any atom is 0.191 e. The van der Waals surface area contributed by atoms with Crippen LogP contribution in [-0.2, 0) is 17.4 Å². The maximum absolute atomic E-state index is 10.0. The molecule has 0 saturated heterocycles. The third-order valence-electron chi connectivity index (χ3n) is 6.07. The van der Waals surface area contributed by atoms with Gasteiger partial charge < -0.3 is 18.8 Å². The molecule has 1 aromatic heterocycles. The Labute approximate surface area is 178 Å². The van der Waals surface area contributed by atoms with Crippen LogP contribution in [0.3, 0.4) is 0 Å². The lowest BCUT2D eigenvalue weighted by Gasteiger charge is -2.36. The number of aliphatic hydroxyl groups is 1. The number of ether oxygens (including phenoxy) is 1. The summed E-state index contributed by atoms with van der Waals surface area (Å²) in [5, 5.41) is 12.2. The number of halogens is 2. The molecule has 1 unspecified atom stereocenters. The Hall–Kier alpha value is -0.723. The van der Waals surface area contributed by atoms with Crippen molar-refractivity contribution < 1.29 is 14.3 Å². The summed E-state index contributed by atoms with van der Waals surface area (Å²) in [4.78, 5) is 0. The molecule has 1 atom stereocenters. The second-order valence-corrected chi connectivity index (χ2v) is 14.8. The molecule has 1 aromatic carbocycles. The molecule has 0 saturated carbocycles. The third-order valence-corrected chi connectivity index (χ3v) is 11.4. The number of hydrogen-bond donors (Lipinski definition) is 1. The molecule has 0 amide bonds. The lowest BCUT2D eigenvalue weighted by atomic mass is 10.1. The fourth-order valence-electron chi connectivity index (χ4n) is 3.33. The van der Waals surface area contributed by atoms with Crippen LogP contribution in [0.2, 0.25) is 28.2 Å². The van der Waals surface area contributed by atoms with Crippen molar-refractivity contribution in [3.05, 3.63) is 27.9 Å². The fraction of sp³-hybridized carbons (Fsp3) is 0.619. The predicted octanol–water partition coefficient (Wildman–Crippen LogP) is 6.05. The lowest BCUT2D eigenvalue weighted by Crippen LogP contribution is -2.41. The Bertz CT molecular complexity index is 858. The largest absolute Gasteiger partial charge is 0.493 e. The molecule has 0 spiro atoms. The van der Waals surface area contributed by atoms with E-state index < -0.39 is 8.32 Å². The third kappa shape index (κ3) is 4.39. The number of aromatic nitrogens is 1. The van der Waals surface area contributed by atoms with Gasteiger partial charge in [0, 0.05) is 36.7 Å². The van der Waals surface area contributed by atoms with E-state index in [0.717, 1.165) is 41.6 Å². The summed E-state index contributed by atoms with van der Waals surface area (Å²) in [6, 6.07) is 3.91. The zero-order valence-electron chi connectivity index (χ0n) is 17.4. The van der Waals surface area contributed by atoms with Gasteiger partial charge >= 0.3 is 0 Å². The van der Waals surface area contributed by atoms with Gasteiger partial charge in [0.1, 0.15) is 5.75 Å². The Morgan fingerprint density at radius 3 is 2.61 bits per heavy atom. The Kier molecular flexibility index (Phi) is 6.43. The standard InChI is InChI=1S/C21H31Cl2NO3Si/c1-21(2,3)28(4,5)27-10-6-9-26-18-12-17(22)19(23)20-16(18)11-14-7-8-15(25)13-24(14)20/h11-12,15,25H,6-10,13H2,1-5H3. The van der Waals surface area contributed by atoms with E-state index in [-0.39, 0.29) is 11.1 Å². The minimum atomic E-state index is -1.73. The van der Waals surface area contributed by atoms with E-state index in [1.54, 1.807) is 6.07 Å². The second-order valence-electron chi connectivity index (χ2n) is 9.18. The number of nitrogens with zero attached hydrogens (tertiary/aromatic N) is 1. The summed E-state index contributed by atoms with van der Waals surface area (Å²) in [6.07, 6.45) is 2.06. The van der Waals surface area contributed by atoms with Crippen molar-refractivity contribution in [3.63, 3.8) is 0 Å². The highest BCUT2D eigenvalue weighted by atomic mass is 35.5. The summed E-state index contributed by atoms with van der Waals surface area (Å²) >= 11 is 12.9. The highest BCUT2D eigenvalue weighted by Crippen LogP contribution is 2.41. The lowest BCUT2D eigenvalue weighted by molar-refractivity contribution is 0.133. The molecule has 1 N–H and O–H groups in total. The SMILES string of the molecule is CC(C)(C)[Si](C)(C)OCCCOc1cc(Cl)c(Cl)c2c1cc1n2CC(O)CC1. The minimum absolute atomic E-state index is 0.208. The quantitative estimate of drug-likeness (QED) is 0.436. The molecule has 28 heavy (non-hydrogen) atoms. The van der Waals surface area contributed by atoms with Gasteiger partial charge in [0.05, 0.1) is 28.3 Å². The van der Waals surface area contributed by atoms with E-state index in [1.807, 2.05) is 0 Å². The van der Waals surface area contributed by atoms with Crippen LogP contribution in [0.25, 0.3) is 10.9 Å². The molecule has 4 nitrogen and oxygen atoms in total. The molecule has 0 bridgehead atoms. The Morgan fingerprint density at radius 2 is 1.93 bits per heavy atom. The first-order valence-electron chi connectivity index (χ1n) is 9.96. The smallest absolute Gasteiger partial charge is 0.191 e. The van der Waals surface area contributed by atoms with E-state index in [1.165, 1.54) is 0 Å². The Balaban J connectivity index is 1.71. The zero-order valence-corrected chi connectivity index (χ0v) is 20.0. The molecule has 2 aromatic rings. The number of rotatable bonds is 6. The Morgan fingerprint density at radius 1 is 1.21 bits per heavy atom. The number of hydrogen-bond acceptors (Lipinski definition) is 3. The molecule has 2 heterocycles. The summed E-state index contributed by atoms with van der Waals surface area (Å²) in [7, 11) is -1.73. The second kappa shape index (κ2) is 8.19. The van der Waals surface area contributed by atoms with E-state index in [0.29, 0.717) is 29.8 Å². The van der Waals surface area contributed by atoms with Crippen molar-refractivity contribution in [2.24, 2.45) is 0 Å². The van der Waals surface area contributed by atoms with Crippen LogP contribution in [-0.4, -0.2) is 37.3 Å². The molecular formula is C21H31Cl2NO3Si. The van der Waals surface area contributed by atoms with Crippen LogP contribution in [0.1, 0.15) is 39.3 Å². The first-order chi connectivity index (χ1) is 13.0. The normalized spacial score (nSPS) is 17.8. The molecule has 0 aliphatic carbocycles. The summed E-state index contributed by atoms with van der Waals surface area (Å²) in [6.45, 7) is 13.0. The number of aryl methyl sites for hydroxylation is 1. The number of aliphatic hydroxyl groups excluding tert-OH is 1. The van der Waals surface area contributed by atoms with Gasteiger partial charge in [-0.2, -0.15) is 0 Å². The van der Waals surface area contributed by atoms with Crippen LogP contribution in [0.5, 0.6) is 5.75 Å². The van der Waals surface area contributed by atoms with Gasteiger partial charge in [-0.3, -0.25) is 0 Å². The predicted molar refractivity (Wildman–Crippen MR) is 120 cm³/mol. The number of fused-ring (bicyclic) bond motifs is 3. The van der Waals surface area contributed by atoms with Crippen molar-refractivity contribution in [1.82, 2.24) is 4.57 Å². The van der Waals surface area contributed by atoms with Gasteiger partial charge in [-0.1, -0.05) is 44.0 Å². The van der Waals surface area contributed by atoms with Gasteiger partial charge in [0.2, 0.25) is 0 Å². The molecule has 0 fully saturated rings. The summed E-state index contributed by atoms with van der Waals surface area (Å²) < 4.78 is 14.4. The van der Waals surface area contributed by atoms with Crippen LogP contribution < -0.4 is 4.74 Å². The summed E-state index contributed by atoms with van der Waals surface area (Å²) in [5.41, 5.74) is 2.02. The van der Waals surface area contributed by atoms with Crippen molar-refractivity contribution in [2.75, 3.05) is 13.2 Å². The molecule has 0 radical (unpaired) electrons. The maximum atomic E-state index is 10.0. The molecule has 7 heteroatoms. The first-order valence-corrected chi connectivity index (χ1v) is 13.6. The molecule has 1 aliphatic rings. The van der Waals surface area contributed by atoms with Crippen LogP contribution in [0.4, 0.5) is 0 Å². The van der Waals surface area contributed by atoms with Gasteiger partial charge in [0.15, 0.2) is 8.32 Å². The van der Waals surface area contributed by atoms with Gasteiger partial charge in [-0.05, 0) is 37.0 Å². The van der Waals surface area contributed by atoms with Gasteiger partial charge in [-0.15, -0.1) is 0 Å². The molecular weight excluding hydrogens is 413 g/mol. The highest BCUT2D eigenvalue weighted by Gasteiger charge is 2.36. The van der Waals surface area contributed by atoms with Crippen LogP contribution >= 0.6 is 23.2 Å². The van der Waals surface area contributed by atoms with Crippen molar-refractivity contribution in [1.29, 1.82) is 0 Å². The molecule has 156 valence electrons. The monoisotopic (exact) mass is 443 g/mol. The average Bonchev–Trinajstić information content (AvgIpc) is 2.96. The van der Waals surface area contributed by atoms with Crippen molar-refractivity contribution in [3.8, 4) is 5.75 Å². The van der Waals surface area contributed by atoms with Crippen molar-refractivity contribution in [2.45, 2.75) is 70.8 Å². The average molecular weight is 444 g/mol. The van der Waals surface area contributed by atoms with Crippen LogP contribution in [0, 0.1) is 0 Å². The van der Waals surface area contributed by atoms with E-state index in [4.69, 9.17) is 32.4 Å². The first kappa shape index (κ1) is 22.0. The van der Waals surface area contributed by atoms with Crippen molar-refractivity contribution >= 4 is 42.4 Å². The van der Waals surface area contributed by atoms with Gasteiger partial charge in [0.25, 0.3) is 0 Å². The van der Waals surface area contributed by atoms with E-state index in [9.17, 15) is 5.11 Å². The topological polar surface area (TPSA) is 43.6 Å². The van der Waals surface area contributed by atoms with E-state index in [2.05, 4.69) is 44.5 Å². The van der Waals surface area contributed by atoms with Crippen LogP contribution in [0.15, 0.2) is 12.1 Å². The highest BCUT2D eigenvalue weighted by molar-refractivity contribution is 6.74. The minimum Gasteiger partial charge on any atom is -0.493 e. The van der Waals surface area contributed by atoms with E-state index >= 15 is 0 Å². The number of benzene rings is 1.